The highest BCUT2D eigenvalue weighted by Crippen LogP contribution is 2.27. The van der Waals surface area contributed by atoms with Gasteiger partial charge in [0.25, 0.3) is 0 Å². The molecule has 0 atom stereocenters. The minimum Gasteiger partial charge on any atom is -0.466 e. The van der Waals surface area contributed by atoms with Crippen LogP contribution in [0.3, 0.4) is 0 Å². The fraction of sp³-hybridized carbons (Fsp3) is 0.500. The van der Waals surface area contributed by atoms with Gasteiger partial charge in [0.05, 0.1) is 7.11 Å². The van der Waals surface area contributed by atoms with Crippen LogP contribution in [0.2, 0.25) is 0 Å². The van der Waals surface area contributed by atoms with Crippen LogP contribution in [0.5, 0.6) is 0 Å². The van der Waals surface area contributed by atoms with Crippen LogP contribution in [-0.4, -0.2) is 33.1 Å². The average molecular weight is 198 g/mol. The van der Waals surface area contributed by atoms with E-state index in [4.69, 9.17) is 9.47 Å². The summed E-state index contributed by atoms with van der Waals surface area (Å²) in [5.41, 5.74) is 0.540. The fourth-order valence-electron chi connectivity index (χ4n) is 1.33. The van der Waals surface area contributed by atoms with E-state index in [1.54, 1.807) is 18.2 Å². The number of hydrogen-bond acceptors (Lipinski definition) is 4. The molecule has 0 unspecified atom stereocenters. The molecule has 1 aliphatic carbocycles. The molecule has 0 amide bonds. The highest BCUT2D eigenvalue weighted by atomic mass is 16.7. The molecule has 0 N–H and O–H groups in total. The molecule has 0 spiro atoms. The van der Waals surface area contributed by atoms with Gasteiger partial charge in [-0.25, -0.2) is 4.79 Å². The Morgan fingerprint density at radius 1 is 1.36 bits per heavy atom. The first kappa shape index (κ1) is 10.9. The van der Waals surface area contributed by atoms with Crippen LogP contribution >= 0.6 is 0 Å². The first-order valence-electron chi connectivity index (χ1n) is 4.24. The van der Waals surface area contributed by atoms with Gasteiger partial charge in [0, 0.05) is 26.2 Å². The van der Waals surface area contributed by atoms with Crippen LogP contribution < -0.4 is 0 Å². The Balaban J connectivity index is 2.81. The molecule has 0 radical (unpaired) electrons. The van der Waals surface area contributed by atoms with E-state index in [9.17, 15) is 4.79 Å². The van der Waals surface area contributed by atoms with E-state index in [0.717, 1.165) is 0 Å². The molecule has 1 rings (SSSR count). The Bertz CT molecular complexity index is 274. The second kappa shape index (κ2) is 4.39. The molecule has 0 heterocycles. The van der Waals surface area contributed by atoms with Gasteiger partial charge in [-0.15, -0.1) is 0 Å². The summed E-state index contributed by atoms with van der Waals surface area (Å²) in [5, 5.41) is 0. The first-order chi connectivity index (χ1) is 6.67. The summed E-state index contributed by atoms with van der Waals surface area (Å²) < 4.78 is 15.0. The van der Waals surface area contributed by atoms with Crippen LogP contribution in [0, 0.1) is 0 Å². The van der Waals surface area contributed by atoms with Crippen LogP contribution in [0.4, 0.5) is 0 Å². The van der Waals surface area contributed by atoms with E-state index < -0.39 is 5.79 Å². The molecule has 4 heteroatoms. The van der Waals surface area contributed by atoms with E-state index in [0.29, 0.717) is 12.0 Å². The second-order valence-electron chi connectivity index (χ2n) is 2.94. The van der Waals surface area contributed by atoms with Crippen LogP contribution in [0.1, 0.15) is 6.42 Å². The van der Waals surface area contributed by atoms with Crippen molar-refractivity contribution in [2.24, 2.45) is 0 Å². The number of esters is 1. The van der Waals surface area contributed by atoms with Crippen molar-refractivity contribution < 1.29 is 19.0 Å². The fourth-order valence-corrected chi connectivity index (χ4v) is 1.33. The minimum absolute atomic E-state index is 0.354. The maximum absolute atomic E-state index is 11.3. The summed E-state index contributed by atoms with van der Waals surface area (Å²) in [6.45, 7) is 0. The predicted octanol–water partition coefficient (Wildman–Crippen LogP) is 1.03. The number of hydrogen-bond donors (Lipinski definition) is 0. The third-order valence-corrected chi connectivity index (χ3v) is 2.22. The van der Waals surface area contributed by atoms with Gasteiger partial charge in [-0.3, -0.25) is 0 Å². The molecule has 0 aromatic carbocycles. The Morgan fingerprint density at radius 2 is 2.00 bits per heavy atom. The molecule has 0 saturated carbocycles. The van der Waals surface area contributed by atoms with E-state index in [2.05, 4.69) is 4.74 Å². The Hall–Kier alpha value is -1.13. The molecular formula is C10H14O4. The van der Waals surface area contributed by atoms with Crippen molar-refractivity contribution in [2.45, 2.75) is 12.2 Å². The van der Waals surface area contributed by atoms with Gasteiger partial charge in [-0.2, -0.15) is 0 Å². The van der Waals surface area contributed by atoms with Gasteiger partial charge in [0.15, 0.2) is 5.79 Å². The predicted molar refractivity (Wildman–Crippen MR) is 50.6 cm³/mol. The summed E-state index contributed by atoms with van der Waals surface area (Å²) in [5.74, 6) is -1.19. The average Bonchev–Trinajstić information content (AvgIpc) is 2.28. The maximum atomic E-state index is 11.3. The number of methoxy groups -OCH3 is 3. The summed E-state index contributed by atoms with van der Waals surface area (Å²) >= 11 is 0. The van der Waals surface area contributed by atoms with Crippen LogP contribution in [0.15, 0.2) is 23.8 Å². The lowest BCUT2D eigenvalue weighted by Crippen LogP contribution is -2.34. The monoisotopic (exact) mass is 198 g/mol. The van der Waals surface area contributed by atoms with Gasteiger partial charge in [0.1, 0.15) is 0 Å². The minimum atomic E-state index is -0.835. The zero-order chi connectivity index (χ0) is 10.6. The molecule has 0 aromatic rings. The highest BCUT2D eigenvalue weighted by Gasteiger charge is 2.32. The topological polar surface area (TPSA) is 44.8 Å². The quantitative estimate of drug-likeness (QED) is 0.502. The Kier molecular flexibility index (Phi) is 3.43. The Labute approximate surface area is 83.1 Å². The molecule has 1 aliphatic rings. The third-order valence-electron chi connectivity index (χ3n) is 2.22. The standard InChI is InChI=1S/C10H14O4/c1-12-9(11)8-5-4-6-10(7-8,13-2)14-3/h4-6H,7H2,1-3H3. The van der Waals surface area contributed by atoms with E-state index in [-0.39, 0.29) is 5.97 Å². The van der Waals surface area contributed by atoms with E-state index in [1.807, 2.05) is 0 Å². The van der Waals surface area contributed by atoms with Crippen molar-refractivity contribution in [3.63, 3.8) is 0 Å². The number of allylic oxidation sites excluding steroid dienone is 2. The lowest BCUT2D eigenvalue weighted by Gasteiger charge is -2.29. The smallest absolute Gasteiger partial charge is 0.333 e. The highest BCUT2D eigenvalue weighted by molar-refractivity contribution is 5.89. The van der Waals surface area contributed by atoms with Gasteiger partial charge in [-0.05, 0) is 6.08 Å². The van der Waals surface area contributed by atoms with E-state index in [1.165, 1.54) is 21.3 Å². The number of ether oxygens (including phenoxy) is 3. The molecule has 0 bridgehead atoms. The van der Waals surface area contributed by atoms with Gasteiger partial charge < -0.3 is 14.2 Å². The molecule has 0 saturated heterocycles. The number of carbonyl (C=O) groups excluding carboxylic acids is 1. The van der Waals surface area contributed by atoms with Crippen molar-refractivity contribution >= 4 is 5.97 Å². The van der Waals surface area contributed by atoms with E-state index >= 15 is 0 Å². The lowest BCUT2D eigenvalue weighted by molar-refractivity contribution is -0.172. The van der Waals surface area contributed by atoms with Crippen molar-refractivity contribution in [3.05, 3.63) is 23.8 Å². The number of carbonyl (C=O) groups is 1. The normalized spacial score (nSPS) is 18.9. The molecule has 78 valence electrons. The Morgan fingerprint density at radius 3 is 2.50 bits per heavy atom. The zero-order valence-electron chi connectivity index (χ0n) is 8.57. The van der Waals surface area contributed by atoms with Gasteiger partial charge in [-0.1, -0.05) is 12.2 Å². The zero-order valence-corrected chi connectivity index (χ0v) is 8.57. The maximum Gasteiger partial charge on any atom is 0.333 e. The van der Waals surface area contributed by atoms with Crippen molar-refractivity contribution in [1.82, 2.24) is 0 Å². The molecule has 0 aromatic heterocycles. The molecule has 0 aliphatic heterocycles. The molecule has 4 nitrogen and oxygen atoms in total. The number of rotatable bonds is 3. The molecule has 14 heavy (non-hydrogen) atoms. The summed E-state index contributed by atoms with van der Waals surface area (Å²) in [6.07, 6.45) is 5.55. The summed E-state index contributed by atoms with van der Waals surface area (Å²) in [7, 11) is 4.42. The summed E-state index contributed by atoms with van der Waals surface area (Å²) in [4.78, 5) is 11.3. The van der Waals surface area contributed by atoms with Gasteiger partial charge >= 0.3 is 5.97 Å². The molecular weight excluding hydrogens is 184 g/mol. The largest absolute Gasteiger partial charge is 0.466 e. The van der Waals surface area contributed by atoms with Crippen LogP contribution in [-0.2, 0) is 19.0 Å². The van der Waals surface area contributed by atoms with Gasteiger partial charge in [0.2, 0.25) is 0 Å². The van der Waals surface area contributed by atoms with Crippen LogP contribution in [0.25, 0.3) is 0 Å². The SMILES string of the molecule is COC(=O)C1=CC=CC(OC)(OC)C1. The van der Waals surface area contributed by atoms with Crippen molar-refractivity contribution in [3.8, 4) is 0 Å². The van der Waals surface area contributed by atoms with Crippen molar-refractivity contribution in [1.29, 1.82) is 0 Å². The molecule has 0 fully saturated rings. The second-order valence-corrected chi connectivity index (χ2v) is 2.94. The lowest BCUT2D eigenvalue weighted by atomic mass is 9.99. The van der Waals surface area contributed by atoms with Crippen molar-refractivity contribution in [2.75, 3.05) is 21.3 Å². The third kappa shape index (κ3) is 2.02. The first-order valence-corrected chi connectivity index (χ1v) is 4.24. The summed E-state index contributed by atoms with van der Waals surface area (Å²) in [6, 6.07) is 0.